The zero-order valence-electron chi connectivity index (χ0n) is 13.0. The van der Waals surface area contributed by atoms with Crippen LogP contribution in [0.5, 0.6) is 0 Å². The molecule has 0 aromatic heterocycles. The standard InChI is InChI=1S/C17H27FN2/c1-14(2)19-12-17(10-6-7-11-17)13-20(3)16-9-5-4-8-15(16)18/h4-5,8-9,14,19H,6-7,10-13H2,1-3H3. The highest BCUT2D eigenvalue weighted by Gasteiger charge is 2.35. The summed E-state index contributed by atoms with van der Waals surface area (Å²) >= 11 is 0. The van der Waals surface area contributed by atoms with Crippen molar-refractivity contribution in [2.75, 3.05) is 25.0 Å². The summed E-state index contributed by atoms with van der Waals surface area (Å²) in [6, 6.07) is 7.57. The van der Waals surface area contributed by atoms with Crippen LogP contribution in [0, 0.1) is 11.2 Å². The van der Waals surface area contributed by atoms with E-state index < -0.39 is 0 Å². The Morgan fingerprint density at radius 2 is 1.90 bits per heavy atom. The Labute approximate surface area is 122 Å². The normalized spacial score (nSPS) is 17.6. The maximum absolute atomic E-state index is 13.9. The van der Waals surface area contributed by atoms with Crippen molar-refractivity contribution in [1.29, 1.82) is 0 Å². The van der Waals surface area contributed by atoms with Gasteiger partial charge in [0.25, 0.3) is 0 Å². The molecule has 0 atom stereocenters. The molecule has 0 heterocycles. The molecule has 1 aliphatic rings. The minimum absolute atomic E-state index is 0.125. The first kappa shape index (κ1) is 15.3. The van der Waals surface area contributed by atoms with Crippen LogP contribution in [0.15, 0.2) is 24.3 Å². The van der Waals surface area contributed by atoms with Gasteiger partial charge in [-0.05, 0) is 25.0 Å². The number of hydrogen-bond acceptors (Lipinski definition) is 2. The van der Waals surface area contributed by atoms with Gasteiger partial charge in [-0.2, -0.15) is 0 Å². The molecule has 1 saturated carbocycles. The van der Waals surface area contributed by atoms with E-state index in [1.807, 2.05) is 19.2 Å². The maximum Gasteiger partial charge on any atom is 0.146 e. The average molecular weight is 278 g/mol. The second-order valence-electron chi connectivity index (χ2n) is 6.55. The molecule has 1 aliphatic carbocycles. The molecule has 1 aromatic rings. The number of hydrogen-bond donors (Lipinski definition) is 1. The lowest BCUT2D eigenvalue weighted by atomic mass is 9.85. The van der Waals surface area contributed by atoms with Crippen molar-refractivity contribution in [3.8, 4) is 0 Å². The second kappa shape index (κ2) is 6.57. The van der Waals surface area contributed by atoms with Crippen molar-refractivity contribution < 1.29 is 4.39 Å². The Kier molecular flexibility index (Phi) is 5.03. The van der Waals surface area contributed by atoms with Crippen LogP contribution in [0.25, 0.3) is 0 Å². The number of halogens is 1. The fourth-order valence-corrected chi connectivity index (χ4v) is 3.29. The second-order valence-corrected chi connectivity index (χ2v) is 6.55. The maximum atomic E-state index is 13.9. The highest BCUT2D eigenvalue weighted by molar-refractivity contribution is 5.47. The fraction of sp³-hybridized carbons (Fsp3) is 0.647. The van der Waals surface area contributed by atoms with E-state index in [0.717, 1.165) is 13.1 Å². The zero-order valence-corrected chi connectivity index (χ0v) is 13.0. The van der Waals surface area contributed by atoms with Crippen LogP contribution in [0.1, 0.15) is 39.5 Å². The van der Waals surface area contributed by atoms with Crippen molar-refractivity contribution in [3.05, 3.63) is 30.1 Å². The molecule has 0 bridgehead atoms. The van der Waals surface area contributed by atoms with E-state index in [2.05, 4.69) is 24.1 Å². The lowest BCUT2D eigenvalue weighted by Crippen LogP contribution is -2.43. The van der Waals surface area contributed by atoms with E-state index in [0.29, 0.717) is 17.1 Å². The molecule has 1 aromatic carbocycles. The molecule has 0 amide bonds. The summed E-state index contributed by atoms with van der Waals surface area (Å²) in [6.07, 6.45) is 5.08. The molecule has 2 rings (SSSR count). The van der Waals surface area contributed by atoms with Crippen LogP contribution < -0.4 is 10.2 Å². The Balaban J connectivity index is 2.06. The summed E-state index contributed by atoms with van der Waals surface area (Å²) in [5, 5.41) is 3.58. The number of anilines is 1. The van der Waals surface area contributed by atoms with E-state index in [-0.39, 0.29) is 5.82 Å². The van der Waals surface area contributed by atoms with Crippen LogP contribution in [-0.4, -0.2) is 26.2 Å². The minimum atomic E-state index is -0.125. The zero-order chi connectivity index (χ0) is 14.6. The SMILES string of the molecule is CC(C)NCC1(CN(C)c2ccccc2F)CCCC1. The lowest BCUT2D eigenvalue weighted by Gasteiger charge is -2.35. The lowest BCUT2D eigenvalue weighted by molar-refractivity contribution is 0.277. The molecular weight excluding hydrogens is 251 g/mol. The Morgan fingerprint density at radius 1 is 1.25 bits per heavy atom. The molecule has 3 heteroatoms. The summed E-state index contributed by atoms with van der Waals surface area (Å²) in [4.78, 5) is 2.09. The van der Waals surface area contributed by atoms with Crippen molar-refractivity contribution in [3.63, 3.8) is 0 Å². The van der Waals surface area contributed by atoms with Crippen LogP contribution >= 0.6 is 0 Å². The fourth-order valence-electron chi connectivity index (χ4n) is 3.29. The number of benzene rings is 1. The Bertz CT molecular complexity index is 425. The average Bonchev–Trinajstić information content (AvgIpc) is 2.86. The van der Waals surface area contributed by atoms with E-state index in [1.54, 1.807) is 12.1 Å². The van der Waals surface area contributed by atoms with Gasteiger partial charge < -0.3 is 10.2 Å². The molecule has 0 saturated heterocycles. The molecule has 0 aliphatic heterocycles. The molecule has 2 nitrogen and oxygen atoms in total. The van der Waals surface area contributed by atoms with Gasteiger partial charge in [-0.25, -0.2) is 4.39 Å². The highest BCUT2D eigenvalue weighted by atomic mass is 19.1. The van der Waals surface area contributed by atoms with Gasteiger partial charge >= 0.3 is 0 Å². The predicted molar refractivity (Wildman–Crippen MR) is 83.7 cm³/mol. The molecule has 112 valence electrons. The Hall–Kier alpha value is -1.09. The summed E-state index contributed by atoms with van der Waals surface area (Å²) < 4.78 is 13.9. The van der Waals surface area contributed by atoms with E-state index >= 15 is 0 Å². The van der Waals surface area contributed by atoms with Crippen LogP contribution in [0.4, 0.5) is 10.1 Å². The molecule has 1 N–H and O–H groups in total. The molecule has 1 fully saturated rings. The molecule has 20 heavy (non-hydrogen) atoms. The summed E-state index contributed by atoms with van der Waals surface area (Å²) in [6.45, 7) is 6.32. The number of para-hydroxylation sites is 1. The number of nitrogens with zero attached hydrogens (tertiary/aromatic N) is 1. The van der Waals surface area contributed by atoms with Crippen LogP contribution in [0.2, 0.25) is 0 Å². The molecule has 0 unspecified atom stereocenters. The van der Waals surface area contributed by atoms with Gasteiger partial charge in [0, 0.05) is 31.6 Å². The molecule has 0 spiro atoms. The highest BCUT2D eigenvalue weighted by Crippen LogP contribution is 2.39. The topological polar surface area (TPSA) is 15.3 Å². The van der Waals surface area contributed by atoms with Crippen molar-refractivity contribution in [2.45, 2.75) is 45.6 Å². The smallest absolute Gasteiger partial charge is 0.146 e. The van der Waals surface area contributed by atoms with E-state index in [1.165, 1.54) is 25.7 Å². The van der Waals surface area contributed by atoms with Gasteiger partial charge in [-0.15, -0.1) is 0 Å². The molecular formula is C17H27FN2. The van der Waals surface area contributed by atoms with Gasteiger partial charge in [-0.1, -0.05) is 38.8 Å². The van der Waals surface area contributed by atoms with E-state index in [4.69, 9.17) is 0 Å². The first-order valence-corrected chi connectivity index (χ1v) is 7.71. The third-order valence-corrected chi connectivity index (χ3v) is 4.39. The summed E-state index contributed by atoms with van der Waals surface area (Å²) in [7, 11) is 2.01. The quantitative estimate of drug-likeness (QED) is 0.851. The minimum Gasteiger partial charge on any atom is -0.372 e. The summed E-state index contributed by atoms with van der Waals surface area (Å²) in [5.41, 5.74) is 1.00. The van der Waals surface area contributed by atoms with Gasteiger partial charge in [0.05, 0.1) is 5.69 Å². The van der Waals surface area contributed by atoms with Gasteiger partial charge in [0.15, 0.2) is 0 Å². The van der Waals surface area contributed by atoms with Crippen LogP contribution in [-0.2, 0) is 0 Å². The van der Waals surface area contributed by atoms with Gasteiger partial charge in [0.2, 0.25) is 0 Å². The molecule has 0 radical (unpaired) electrons. The van der Waals surface area contributed by atoms with E-state index in [9.17, 15) is 4.39 Å². The van der Waals surface area contributed by atoms with Crippen LogP contribution in [0.3, 0.4) is 0 Å². The monoisotopic (exact) mass is 278 g/mol. The number of nitrogens with one attached hydrogen (secondary N) is 1. The predicted octanol–water partition coefficient (Wildman–Crippen LogP) is 3.82. The largest absolute Gasteiger partial charge is 0.372 e. The van der Waals surface area contributed by atoms with Crippen molar-refractivity contribution in [1.82, 2.24) is 5.32 Å². The van der Waals surface area contributed by atoms with Crippen molar-refractivity contribution >= 4 is 5.69 Å². The number of rotatable bonds is 6. The first-order chi connectivity index (χ1) is 9.52. The first-order valence-electron chi connectivity index (χ1n) is 7.71. The third-order valence-electron chi connectivity index (χ3n) is 4.39. The summed E-state index contributed by atoms with van der Waals surface area (Å²) in [5.74, 6) is -0.125. The van der Waals surface area contributed by atoms with Gasteiger partial charge in [0.1, 0.15) is 5.82 Å². The Morgan fingerprint density at radius 3 is 2.50 bits per heavy atom. The third kappa shape index (κ3) is 3.72. The van der Waals surface area contributed by atoms with Gasteiger partial charge in [-0.3, -0.25) is 0 Å². The van der Waals surface area contributed by atoms with Crippen molar-refractivity contribution in [2.24, 2.45) is 5.41 Å².